The number of carbonyl (C=O) groups excluding carboxylic acids is 1. The van der Waals surface area contributed by atoms with Gasteiger partial charge < -0.3 is 38.3 Å². The Labute approximate surface area is 222 Å². The van der Waals surface area contributed by atoms with Gasteiger partial charge in [0.1, 0.15) is 24.1 Å². The molecule has 6 aliphatic rings. The van der Waals surface area contributed by atoms with Crippen molar-refractivity contribution in [2.75, 3.05) is 0 Å². The molecule has 7 rings (SSSR count). The van der Waals surface area contributed by atoms with Crippen molar-refractivity contribution in [2.45, 2.75) is 115 Å². The minimum absolute atomic E-state index is 0.118. The standard InChI is InChI=1S/C29H38O9/c1-15(2)25-14-19-24(7,20(35-25)18-9-8-12-33-18)10-11-26(31)27(19)22(36-25)28(34-17(4)30)21(37-26)23(5,6)13-16(3)29(28,32)38-27/h8-9,12-13,15,19-22,31-32H,10-11,14H2,1-7H3. The fourth-order valence-corrected chi connectivity index (χ4v) is 9.12. The van der Waals surface area contributed by atoms with Crippen LogP contribution in [0.25, 0.3) is 0 Å². The summed E-state index contributed by atoms with van der Waals surface area (Å²) < 4.78 is 39.6. The Hall–Kier alpha value is -1.75. The van der Waals surface area contributed by atoms with Gasteiger partial charge in [-0.2, -0.15) is 0 Å². The summed E-state index contributed by atoms with van der Waals surface area (Å²) >= 11 is 0. The highest BCUT2D eigenvalue weighted by atomic mass is 16.8. The molecule has 10 atom stereocenters. The molecule has 1 aromatic heterocycles. The smallest absolute Gasteiger partial charge is 0.303 e. The Kier molecular flexibility index (Phi) is 4.60. The Morgan fingerprint density at radius 2 is 1.84 bits per heavy atom. The van der Waals surface area contributed by atoms with Crippen molar-refractivity contribution in [3.63, 3.8) is 0 Å². The lowest BCUT2D eigenvalue weighted by atomic mass is 9.47. The van der Waals surface area contributed by atoms with Crippen LogP contribution in [0.3, 0.4) is 0 Å². The van der Waals surface area contributed by atoms with Gasteiger partial charge in [0.25, 0.3) is 0 Å². The lowest BCUT2D eigenvalue weighted by molar-refractivity contribution is -0.496. The summed E-state index contributed by atoms with van der Waals surface area (Å²) in [5.41, 5.74) is -4.13. The highest BCUT2D eigenvalue weighted by Crippen LogP contribution is 2.77. The Balaban J connectivity index is 1.54. The molecular weight excluding hydrogens is 492 g/mol. The zero-order valence-corrected chi connectivity index (χ0v) is 23.1. The lowest BCUT2D eigenvalue weighted by Gasteiger charge is -2.72. The quantitative estimate of drug-likeness (QED) is 0.445. The number of ether oxygens (including phenoxy) is 5. The third-order valence-electron chi connectivity index (χ3n) is 10.8. The van der Waals surface area contributed by atoms with Crippen molar-refractivity contribution in [1.29, 1.82) is 0 Å². The zero-order chi connectivity index (χ0) is 27.3. The molecule has 1 spiro atoms. The molecule has 5 heterocycles. The van der Waals surface area contributed by atoms with Gasteiger partial charge in [-0.05, 0) is 31.1 Å². The number of furan rings is 1. The molecule has 2 N–H and O–H groups in total. The van der Waals surface area contributed by atoms with Crippen LogP contribution in [0.5, 0.6) is 0 Å². The second-order valence-corrected chi connectivity index (χ2v) is 13.6. The van der Waals surface area contributed by atoms with Gasteiger partial charge in [-0.1, -0.05) is 40.7 Å². The van der Waals surface area contributed by atoms with E-state index in [4.69, 9.17) is 28.1 Å². The first-order chi connectivity index (χ1) is 17.6. The molecule has 10 unspecified atom stereocenters. The first kappa shape index (κ1) is 25.2. The van der Waals surface area contributed by atoms with E-state index in [2.05, 4.69) is 6.92 Å². The summed E-state index contributed by atoms with van der Waals surface area (Å²) in [6.45, 7) is 13.1. The van der Waals surface area contributed by atoms with Crippen LogP contribution in [0.2, 0.25) is 0 Å². The van der Waals surface area contributed by atoms with Gasteiger partial charge >= 0.3 is 5.97 Å². The Bertz CT molecular complexity index is 1240. The molecule has 208 valence electrons. The van der Waals surface area contributed by atoms with Crippen molar-refractivity contribution in [2.24, 2.45) is 22.7 Å². The van der Waals surface area contributed by atoms with Crippen LogP contribution in [0.15, 0.2) is 34.5 Å². The molecular formula is C29H38O9. The van der Waals surface area contributed by atoms with Crippen molar-refractivity contribution < 1.29 is 43.1 Å². The van der Waals surface area contributed by atoms with Crippen LogP contribution >= 0.6 is 0 Å². The maximum Gasteiger partial charge on any atom is 0.303 e. The first-order valence-corrected chi connectivity index (χ1v) is 13.7. The van der Waals surface area contributed by atoms with E-state index in [1.54, 1.807) is 13.2 Å². The van der Waals surface area contributed by atoms with Crippen molar-refractivity contribution in [1.82, 2.24) is 0 Å². The monoisotopic (exact) mass is 530 g/mol. The molecule has 0 aromatic carbocycles. The summed E-state index contributed by atoms with van der Waals surface area (Å²) in [6.07, 6.45) is 2.19. The summed E-state index contributed by atoms with van der Waals surface area (Å²) in [5, 5.41) is 25.1. The van der Waals surface area contributed by atoms with Gasteiger partial charge in [0.15, 0.2) is 17.2 Å². The predicted molar refractivity (Wildman–Crippen MR) is 131 cm³/mol. The zero-order valence-electron chi connectivity index (χ0n) is 23.1. The molecule has 1 saturated carbocycles. The second-order valence-electron chi connectivity index (χ2n) is 13.6. The van der Waals surface area contributed by atoms with E-state index in [0.29, 0.717) is 24.2 Å². The van der Waals surface area contributed by atoms with Gasteiger partial charge in [0.2, 0.25) is 11.4 Å². The molecule has 38 heavy (non-hydrogen) atoms. The van der Waals surface area contributed by atoms with Crippen molar-refractivity contribution in [3.8, 4) is 0 Å². The molecule has 0 radical (unpaired) electrons. The maximum atomic E-state index is 12.8. The highest BCUT2D eigenvalue weighted by Gasteiger charge is 2.94. The van der Waals surface area contributed by atoms with Gasteiger partial charge in [-0.15, -0.1) is 0 Å². The summed E-state index contributed by atoms with van der Waals surface area (Å²) in [4.78, 5) is 12.8. The number of fused-ring (bicyclic) bond motifs is 1. The molecule has 9 heteroatoms. The Morgan fingerprint density at radius 1 is 1.11 bits per heavy atom. The van der Waals surface area contributed by atoms with E-state index in [-0.39, 0.29) is 12.3 Å². The summed E-state index contributed by atoms with van der Waals surface area (Å²) in [5.74, 6) is -5.43. The number of hydrogen-bond donors (Lipinski definition) is 2. The molecule has 1 aromatic rings. The average molecular weight is 531 g/mol. The van der Waals surface area contributed by atoms with E-state index in [1.165, 1.54) is 6.92 Å². The third-order valence-corrected chi connectivity index (χ3v) is 10.8. The molecule has 5 fully saturated rings. The van der Waals surface area contributed by atoms with E-state index in [1.807, 2.05) is 45.9 Å². The number of hydrogen-bond acceptors (Lipinski definition) is 9. The predicted octanol–water partition coefficient (Wildman–Crippen LogP) is 3.74. The second kappa shape index (κ2) is 6.93. The third kappa shape index (κ3) is 2.45. The van der Waals surface area contributed by atoms with E-state index >= 15 is 0 Å². The molecule has 0 amide bonds. The largest absolute Gasteiger partial charge is 0.467 e. The van der Waals surface area contributed by atoms with Crippen LogP contribution in [-0.2, 0) is 28.5 Å². The van der Waals surface area contributed by atoms with Crippen LogP contribution < -0.4 is 0 Å². The SMILES string of the molecule is CC(=O)OC12C3OC4(O)CCC5(C)C(c6ccco6)OC6(C(C)C)CC5C4(OC1(O)C(C)=CC3(C)C)C2O6. The van der Waals surface area contributed by atoms with Gasteiger partial charge in [0.05, 0.1) is 6.26 Å². The summed E-state index contributed by atoms with van der Waals surface area (Å²) in [7, 11) is 0. The van der Waals surface area contributed by atoms with E-state index in [0.717, 1.165) is 0 Å². The average Bonchev–Trinajstić information content (AvgIpc) is 3.41. The molecule has 4 saturated heterocycles. The van der Waals surface area contributed by atoms with Gasteiger partial charge in [-0.3, -0.25) is 4.79 Å². The lowest BCUT2D eigenvalue weighted by Crippen LogP contribution is -2.86. The number of esters is 1. The fourth-order valence-electron chi connectivity index (χ4n) is 9.12. The van der Waals surface area contributed by atoms with Crippen LogP contribution in [-0.4, -0.2) is 57.0 Å². The number of aliphatic hydroxyl groups is 2. The van der Waals surface area contributed by atoms with Gasteiger partial charge in [0, 0.05) is 42.4 Å². The van der Waals surface area contributed by atoms with E-state index < -0.39 is 69.6 Å². The summed E-state index contributed by atoms with van der Waals surface area (Å²) in [6, 6.07) is 3.73. The molecule has 2 aliphatic carbocycles. The van der Waals surface area contributed by atoms with Crippen LogP contribution in [0.1, 0.15) is 79.6 Å². The number of rotatable bonds is 3. The fraction of sp³-hybridized carbons (Fsp3) is 0.759. The number of carbonyl (C=O) groups is 1. The van der Waals surface area contributed by atoms with Crippen LogP contribution in [0, 0.1) is 22.7 Å². The van der Waals surface area contributed by atoms with Gasteiger partial charge in [-0.25, -0.2) is 0 Å². The molecule has 4 bridgehead atoms. The van der Waals surface area contributed by atoms with Crippen LogP contribution in [0.4, 0.5) is 0 Å². The first-order valence-electron chi connectivity index (χ1n) is 13.7. The molecule has 4 aliphatic heterocycles. The normalized spacial score (nSPS) is 53.5. The maximum absolute atomic E-state index is 12.8. The minimum atomic E-state index is -2.08. The topological polar surface area (TPSA) is 117 Å². The highest BCUT2D eigenvalue weighted by molar-refractivity contribution is 5.68. The van der Waals surface area contributed by atoms with E-state index in [9.17, 15) is 15.0 Å². The molecule has 9 nitrogen and oxygen atoms in total. The Morgan fingerprint density at radius 3 is 2.47 bits per heavy atom. The van der Waals surface area contributed by atoms with Crippen molar-refractivity contribution in [3.05, 3.63) is 35.8 Å². The minimum Gasteiger partial charge on any atom is -0.467 e. The van der Waals surface area contributed by atoms with Crippen molar-refractivity contribution >= 4 is 5.97 Å².